The molecule has 6 heteroatoms. The van der Waals surface area contributed by atoms with Crippen LogP contribution in [0.2, 0.25) is 0 Å². The highest BCUT2D eigenvalue weighted by atomic mass is 32.2. The number of aliphatic hydroxyl groups is 1. The van der Waals surface area contributed by atoms with E-state index in [9.17, 15) is 13.5 Å². The number of hydrogen-bond donors (Lipinski definition) is 2. The fourth-order valence-electron chi connectivity index (χ4n) is 1.94. The maximum atomic E-state index is 12.7. The summed E-state index contributed by atoms with van der Waals surface area (Å²) >= 11 is 1.32. The lowest BCUT2D eigenvalue weighted by molar-refractivity contribution is 0.282. The first-order valence-electron chi connectivity index (χ1n) is 6.80. The van der Waals surface area contributed by atoms with Gasteiger partial charge in [-0.1, -0.05) is 39.0 Å². The Morgan fingerprint density at radius 3 is 2.48 bits per heavy atom. The zero-order chi connectivity index (χ0) is 15.8. The lowest BCUT2D eigenvalue weighted by atomic mass is 9.89. The lowest BCUT2D eigenvalue weighted by Gasteiger charge is -2.27. The Bertz CT molecular complexity index is 742. The van der Waals surface area contributed by atoms with Gasteiger partial charge in [-0.05, 0) is 18.4 Å². The van der Waals surface area contributed by atoms with Crippen LogP contribution in [0, 0.1) is 5.41 Å². The maximum Gasteiger partial charge on any atom is 0.242 e. The third kappa shape index (κ3) is 3.29. The van der Waals surface area contributed by atoms with Crippen LogP contribution in [0.1, 0.15) is 32.6 Å². The van der Waals surface area contributed by atoms with Crippen LogP contribution in [0.5, 0.6) is 0 Å². The number of sulfonamides is 1. The molecular weight excluding hydrogens is 306 g/mol. The summed E-state index contributed by atoms with van der Waals surface area (Å²) in [6.45, 7) is 7.53. The Balaban J connectivity index is 2.54. The Hall–Kier alpha value is -0.950. The topological polar surface area (TPSA) is 66.4 Å². The third-order valence-electron chi connectivity index (χ3n) is 3.66. The first kappa shape index (κ1) is 16.4. The van der Waals surface area contributed by atoms with Crippen molar-refractivity contribution >= 4 is 31.4 Å². The van der Waals surface area contributed by atoms with Crippen LogP contribution in [-0.4, -0.2) is 19.6 Å². The van der Waals surface area contributed by atoms with Crippen LogP contribution >= 0.6 is 11.3 Å². The van der Waals surface area contributed by atoms with Crippen LogP contribution in [-0.2, 0) is 16.6 Å². The molecule has 4 nitrogen and oxygen atoms in total. The maximum absolute atomic E-state index is 12.7. The number of rotatable bonds is 4. The summed E-state index contributed by atoms with van der Waals surface area (Å²) in [6, 6.07) is 7.10. The van der Waals surface area contributed by atoms with Crippen molar-refractivity contribution in [3.63, 3.8) is 0 Å². The first-order valence-corrected chi connectivity index (χ1v) is 9.10. The Kier molecular flexibility index (Phi) is 4.44. The molecule has 21 heavy (non-hydrogen) atoms. The van der Waals surface area contributed by atoms with Crippen LogP contribution in [0.25, 0.3) is 10.1 Å². The SMILES string of the molecule is CC(NS(=O)(=O)c1c(CO)sc2ccccc12)C(C)(C)C. The third-order valence-corrected chi connectivity index (χ3v) is 6.61. The number of aliphatic hydroxyl groups excluding tert-OH is 1. The predicted octanol–water partition coefficient (Wildman–Crippen LogP) is 3.11. The van der Waals surface area contributed by atoms with E-state index in [4.69, 9.17) is 0 Å². The Morgan fingerprint density at radius 1 is 1.29 bits per heavy atom. The van der Waals surface area contributed by atoms with Gasteiger partial charge in [0.2, 0.25) is 10.0 Å². The lowest BCUT2D eigenvalue weighted by Crippen LogP contribution is -2.41. The van der Waals surface area contributed by atoms with Crippen molar-refractivity contribution in [2.75, 3.05) is 0 Å². The number of fused-ring (bicyclic) bond motifs is 1. The highest BCUT2D eigenvalue weighted by Gasteiger charge is 2.29. The van der Waals surface area contributed by atoms with Gasteiger partial charge in [0.25, 0.3) is 0 Å². The molecule has 0 aliphatic heterocycles. The fourth-order valence-corrected chi connectivity index (χ4v) is 5.19. The van der Waals surface area contributed by atoms with E-state index in [0.717, 1.165) is 4.70 Å². The number of thiophene rings is 1. The van der Waals surface area contributed by atoms with Crippen molar-refractivity contribution in [3.8, 4) is 0 Å². The van der Waals surface area contributed by atoms with E-state index in [-0.39, 0.29) is 23.0 Å². The largest absolute Gasteiger partial charge is 0.391 e. The van der Waals surface area contributed by atoms with Gasteiger partial charge in [0.15, 0.2) is 0 Å². The second-order valence-electron chi connectivity index (χ2n) is 6.22. The molecule has 1 atom stereocenters. The van der Waals surface area contributed by atoms with Crippen LogP contribution in [0.4, 0.5) is 0 Å². The normalized spacial score (nSPS) is 14.5. The molecule has 1 aromatic heterocycles. The zero-order valence-corrected chi connectivity index (χ0v) is 14.3. The summed E-state index contributed by atoms with van der Waals surface area (Å²) in [4.78, 5) is 0.687. The second kappa shape index (κ2) is 5.68. The van der Waals surface area contributed by atoms with Crippen LogP contribution in [0.3, 0.4) is 0 Å². The highest BCUT2D eigenvalue weighted by Crippen LogP contribution is 2.35. The molecule has 2 rings (SSSR count). The minimum Gasteiger partial charge on any atom is -0.391 e. The van der Waals surface area contributed by atoms with E-state index in [0.29, 0.717) is 10.3 Å². The summed E-state index contributed by atoms with van der Waals surface area (Å²) < 4.78 is 29.1. The van der Waals surface area contributed by atoms with Gasteiger partial charge in [-0.2, -0.15) is 0 Å². The summed E-state index contributed by atoms with van der Waals surface area (Å²) in [5, 5.41) is 10.2. The summed E-state index contributed by atoms with van der Waals surface area (Å²) in [5.41, 5.74) is -0.182. The Morgan fingerprint density at radius 2 is 1.90 bits per heavy atom. The molecule has 1 aromatic carbocycles. The van der Waals surface area contributed by atoms with Gasteiger partial charge in [0.1, 0.15) is 4.90 Å². The monoisotopic (exact) mass is 327 g/mol. The quantitative estimate of drug-likeness (QED) is 0.907. The average molecular weight is 327 g/mol. The molecular formula is C15H21NO3S2. The highest BCUT2D eigenvalue weighted by molar-refractivity contribution is 7.90. The summed E-state index contributed by atoms with van der Waals surface area (Å²) in [7, 11) is -3.67. The minimum absolute atomic E-state index is 0.182. The van der Waals surface area contributed by atoms with E-state index >= 15 is 0 Å². The van der Waals surface area contributed by atoms with Gasteiger partial charge >= 0.3 is 0 Å². The molecule has 0 amide bonds. The van der Waals surface area contributed by atoms with Crippen molar-refractivity contribution in [2.45, 2.75) is 45.2 Å². The second-order valence-corrected chi connectivity index (χ2v) is 9.01. The molecule has 2 aromatic rings. The van der Waals surface area contributed by atoms with Crippen LogP contribution < -0.4 is 4.72 Å². The van der Waals surface area contributed by atoms with Crippen molar-refractivity contribution in [1.82, 2.24) is 4.72 Å². The van der Waals surface area contributed by atoms with Gasteiger partial charge in [-0.25, -0.2) is 13.1 Å². The molecule has 0 radical (unpaired) electrons. The van der Waals surface area contributed by atoms with Crippen molar-refractivity contribution in [1.29, 1.82) is 0 Å². The molecule has 1 unspecified atom stereocenters. The number of nitrogens with one attached hydrogen (secondary N) is 1. The minimum atomic E-state index is -3.67. The molecule has 0 saturated heterocycles. The number of benzene rings is 1. The molecule has 116 valence electrons. The zero-order valence-electron chi connectivity index (χ0n) is 12.7. The number of hydrogen-bond acceptors (Lipinski definition) is 4. The molecule has 0 spiro atoms. The molecule has 0 fully saturated rings. The van der Waals surface area contributed by atoms with Gasteiger partial charge in [0.05, 0.1) is 11.5 Å². The molecule has 2 N–H and O–H groups in total. The van der Waals surface area contributed by atoms with E-state index in [2.05, 4.69) is 4.72 Å². The fraction of sp³-hybridized carbons (Fsp3) is 0.467. The molecule has 0 saturated carbocycles. The van der Waals surface area contributed by atoms with Gasteiger partial charge in [0, 0.05) is 16.1 Å². The molecule has 0 aliphatic carbocycles. The van der Waals surface area contributed by atoms with Crippen molar-refractivity contribution in [2.24, 2.45) is 5.41 Å². The molecule has 0 bridgehead atoms. The van der Waals surface area contributed by atoms with Crippen LogP contribution in [0.15, 0.2) is 29.2 Å². The van der Waals surface area contributed by atoms with Gasteiger partial charge < -0.3 is 5.11 Å². The first-order chi connectivity index (χ1) is 9.66. The smallest absolute Gasteiger partial charge is 0.242 e. The predicted molar refractivity (Wildman–Crippen MR) is 87.0 cm³/mol. The van der Waals surface area contributed by atoms with E-state index in [1.807, 2.05) is 45.9 Å². The summed E-state index contributed by atoms with van der Waals surface area (Å²) in [5.74, 6) is 0. The standard InChI is InChI=1S/C15H21NO3S2/c1-10(15(2,3)4)16-21(18,19)14-11-7-5-6-8-12(11)20-13(14)9-17/h5-8,10,16-17H,9H2,1-4H3. The van der Waals surface area contributed by atoms with Crippen molar-refractivity contribution < 1.29 is 13.5 Å². The summed E-state index contributed by atoms with van der Waals surface area (Å²) in [6.07, 6.45) is 0. The van der Waals surface area contributed by atoms with Gasteiger partial charge in [-0.15, -0.1) is 11.3 Å². The van der Waals surface area contributed by atoms with E-state index in [1.54, 1.807) is 6.07 Å². The van der Waals surface area contributed by atoms with E-state index < -0.39 is 10.0 Å². The molecule has 1 heterocycles. The average Bonchev–Trinajstić information content (AvgIpc) is 2.76. The Labute approximate surface area is 129 Å². The van der Waals surface area contributed by atoms with Crippen molar-refractivity contribution in [3.05, 3.63) is 29.1 Å². The van der Waals surface area contributed by atoms with Gasteiger partial charge in [-0.3, -0.25) is 0 Å². The molecule has 0 aliphatic rings. The van der Waals surface area contributed by atoms with E-state index in [1.165, 1.54) is 11.3 Å².